The first-order valence-electron chi connectivity index (χ1n) is 8.10. The van der Waals surface area contributed by atoms with Gasteiger partial charge in [0.05, 0.1) is 34.5 Å². The number of halogens is 1. The van der Waals surface area contributed by atoms with E-state index in [2.05, 4.69) is 9.89 Å². The van der Waals surface area contributed by atoms with Gasteiger partial charge in [-0.1, -0.05) is 11.6 Å². The zero-order chi connectivity index (χ0) is 18.7. The number of aryl methyl sites for hydroxylation is 1. The van der Waals surface area contributed by atoms with Crippen LogP contribution in [-0.2, 0) is 4.74 Å². The third-order valence-electron chi connectivity index (χ3n) is 4.10. The van der Waals surface area contributed by atoms with Crippen molar-refractivity contribution in [2.75, 3.05) is 31.2 Å². The number of phenolic OH excluding ortho intramolecular Hbond substituents is 1. The van der Waals surface area contributed by atoms with Crippen molar-refractivity contribution < 1.29 is 14.8 Å². The topological polar surface area (TPSA) is 88.2 Å². The zero-order valence-corrected chi connectivity index (χ0v) is 14.9. The van der Waals surface area contributed by atoms with Crippen LogP contribution in [0.1, 0.15) is 11.1 Å². The monoisotopic (exact) mass is 375 g/mol. The van der Waals surface area contributed by atoms with Crippen molar-refractivity contribution in [3.63, 3.8) is 0 Å². The molecular formula is C18H18ClN3O4. The molecule has 1 heterocycles. The van der Waals surface area contributed by atoms with Gasteiger partial charge in [-0.15, -0.1) is 0 Å². The highest BCUT2D eigenvalue weighted by molar-refractivity contribution is 6.33. The van der Waals surface area contributed by atoms with Crippen LogP contribution in [0.2, 0.25) is 5.02 Å². The van der Waals surface area contributed by atoms with E-state index in [1.54, 1.807) is 19.1 Å². The molecule has 0 aliphatic carbocycles. The Morgan fingerprint density at radius 2 is 2.04 bits per heavy atom. The number of nitro benzene ring substituents is 1. The summed E-state index contributed by atoms with van der Waals surface area (Å²) in [5.41, 5.74) is 2.12. The molecule has 136 valence electrons. The summed E-state index contributed by atoms with van der Waals surface area (Å²) in [6.07, 6.45) is 1.40. The minimum Gasteiger partial charge on any atom is -0.502 e. The highest BCUT2D eigenvalue weighted by Crippen LogP contribution is 2.32. The second-order valence-corrected chi connectivity index (χ2v) is 6.38. The van der Waals surface area contributed by atoms with Crippen LogP contribution in [0.4, 0.5) is 17.1 Å². The van der Waals surface area contributed by atoms with Crippen LogP contribution < -0.4 is 4.90 Å². The average molecular weight is 376 g/mol. The van der Waals surface area contributed by atoms with Gasteiger partial charge < -0.3 is 14.7 Å². The fourth-order valence-electron chi connectivity index (χ4n) is 2.81. The highest BCUT2D eigenvalue weighted by Gasteiger charge is 2.17. The molecule has 0 amide bonds. The van der Waals surface area contributed by atoms with Crippen molar-refractivity contribution in [2.24, 2.45) is 4.99 Å². The lowest BCUT2D eigenvalue weighted by Gasteiger charge is -2.29. The molecule has 0 saturated carbocycles. The van der Waals surface area contributed by atoms with Crippen molar-refractivity contribution in [3.05, 3.63) is 56.6 Å². The van der Waals surface area contributed by atoms with Gasteiger partial charge in [-0.25, -0.2) is 0 Å². The fourth-order valence-corrected chi connectivity index (χ4v) is 3.10. The van der Waals surface area contributed by atoms with Gasteiger partial charge in [-0.3, -0.25) is 15.1 Å². The summed E-state index contributed by atoms with van der Waals surface area (Å²) in [6, 6.07) is 8.38. The second kappa shape index (κ2) is 7.72. The molecule has 7 nitrogen and oxygen atoms in total. The van der Waals surface area contributed by atoms with Crippen molar-refractivity contribution >= 4 is 34.9 Å². The van der Waals surface area contributed by atoms with Gasteiger partial charge in [-0.05, 0) is 36.8 Å². The smallest absolute Gasteiger partial charge is 0.311 e. The number of aromatic hydroxyl groups is 1. The molecule has 0 spiro atoms. The van der Waals surface area contributed by atoms with Crippen LogP contribution in [0.3, 0.4) is 0 Å². The number of ether oxygens (including phenoxy) is 1. The second-order valence-electron chi connectivity index (χ2n) is 5.97. The lowest BCUT2D eigenvalue weighted by molar-refractivity contribution is -0.385. The lowest BCUT2D eigenvalue weighted by atomic mass is 10.1. The Morgan fingerprint density at radius 3 is 2.69 bits per heavy atom. The van der Waals surface area contributed by atoms with Crippen LogP contribution in [0.25, 0.3) is 0 Å². The number of aliphatic imine (C=N–C) groups is 1. The number of morpholine rings is 1. The molecule has 0 bridgehead atoms. The van der Waals surface area contributed by atoms with E-state index in [4.69, 9.17) is 16.3 Å². The quantitative estimate of drug-likeness (QED) is 0.498. The van der Waals surface area contributed by atoms with Crippen molar-refractivity contribution in [2.45, 2.75) is 6.92 Å². The number of anilines is 1. The first-order valence-corrected chi connectivity index (χ1v) is 8.48. The van der Waals surface area contributed by atoms with Crippen LogP contribution in [-0.4, -0.2) is 42.5 Å². The van der Waals surface area contributed by atoms with E-state index in [-0.39, 0.29) is 11.3 Å². The number of hydrogen-bond acceptors (Lipinski definition) is 6. The number of nitrogens with zero attached hydrogens (tertiary/aromatic N) is 3. The maximum atomic E-state index is 11.0. The van der Waals surface area contributed by atoms with Gasteiger partial charge in [0.1, 0.15) is 0 Å². The molecule has 1 N–H and O–H groups in total. The molecule has 0 unspecified atom stereocenters. The van der Waals surface area contributed by atoms with E-state index in [1.165, 1.54) is 12.3 Å². The summed E-state index contributed by atoms with van der Waals surface area (Å²) in [7, 11) is 0. The molecule has 8 heteroatoms. The summed E-state index contributed by atoms with van der Waals surface area (Å²) in [5.74, 6) is -0.402. The van der Waals surface area contributed by atoms with Gasteiger partial charge in [-0.2, -0.15) is 0 Å². The largest absolute Gasteiger partial charge is 0.502 e. The number of phenols is 1. The van der Waals surface area contributed by atoms with Gasteiger partial charge in [0, 0.05) is 30.9 Å². The predicted molar refractivity (Wildman–Crippen MR) is 101 cm³/mol. The molecule has 0 atom stereocenters. The third kappa shape index (κ3) is 3.95. The summed E-state index contributed by atoms with van der Waals surface area (Å²) in [6.45, 7) is 4.62. The van der Waals surface area contributed by atoms with Crippen LogP contribution in [0, 0.1) is 17.0 Å². The van der Waals surface area contributed by atoms with Crippen LogP contribution in [0.5, 0.6) is 5.75 Å². The molecule has 0 aromatic heterocycles. The zero-order valence-electron chi connectivity index (χ0n) is 14.2. The van der Waals surface area contributed by atoms with Gasteiger partial charge in [0.25, 0.3) is 0 Å². The van der Waals surface area contributed by atoms with Crippen LogP contribution >= 0.6 is 11.6 Å². The molecule has 2 aromatic rings. The van der Waals surface area contributed by atoms with E-state index in [1.807, 2.05) is 12.1 Å². The minimum atomic E-state index is -0.617. The summed E-state index contributed by atoms with van der Waals surface area (Å²) < 4.78 is 5.34. The fraction of sp³-hybridized carbons (Fsp3) is 0.278. The Hall–Kier alpha value is -2.64. The molecular weight excluding hydrogens is 358 g/mol. The summed E-state index contributed by atoms with van der Waals surface area (Å²) in [4.78, 5) is 16.8. The van der Waals surface area contributed by atoms with Gasteiger partial charge >= 0.3 is 5.69 Å². The van der Waals surface area contributed by atoms with E-state index in [0.29, 0.717) is 29.5 Å². The first kappa shape index (κ1) is 18.2. The normalized spacial score (nSPS) is 14.8. The molecule has 1 aliphatic heterocycles. The van der Waals surface area contributed by atoms with Crippen molar-refractivity contribution in [3.8, 4) is 5.75 Å². The number of nitro groups is 1. The Labute approximate surface area is 155 Å². The maximum absolute atomic E-state index is 11.0. The SMILES string of the molecule is Cc1cc(C=Nc2ccc(N3CCOCC3)c(Cl)c2)c(O)c([N+](=O)[O-])c1. The lowest BCUT2D eigenvalue weighted by Crippen LogP contribution is -2.36. The Morgan fingerprint density at radius 1 is 1.31 bits per heavy atom. The molecule has 0 radical (unpaired) electrons. The van der Waals surface area contributed by atoms with Crippen LogP contribution in [0.15, 0.2) is 35.3 Å². The van der Waals surface area contributed by atoms with E-state index in [9.17, 15) is 15.2 Å². The molecule has 1 saturated heterocycles. The molecule has 1 fully saturated rings. The van der Waals surface area contributed by atoms with E-state index in [0.717, 1.165) is 18.8 Å². The number of benzene rings is 2. The standard InChI is InChI=1S/C18H18ClN3O4/c1-12-8-13(18(23)17(9-12)22(24)25)11-20-14-2-3-16(15(19)10-14)21-4-6-26-7-5-21/h2-3,8-11,23H,4-7H2,1H3. The Balaban J connectivity index is 1.85. The molecule has 2 aromatic carbocycles. The summed E-state index contributed by atoms with van der Waals surface area (Å²) in [5, 5.41) is 21.6. The van der Waals surface area contributed by atoms with Gasteiger partial charge in [0.2, 0.25) is 5.75 Å². The Bertz CT molecular complexity index is 864. The van der Waals surface area contributed by atoms with Crippen molar-refractivity contribution in [1.82, 2.24) is 0 Å². The third-order valence-corrected chi connectivity index (χ3v) is 4.40. The Kier molecular flexibility index (Phi) is 5.39. The molecule has 26 heavy (non-hydrogen) atoms. The van der Waals surface area contributed by atoms with Crippen molar-refractivity contribution in [1.29, 1.82) is 0 Å². The summed E-state index contributed by atoms with van der Waals surface area (Å²) >= 11 is 6.37. The average Bonchev–Trinajstić information content (AvgIpc) is 2.62. The maximum Gasteiger partial charge on any atom is 0.311 e. The van der Waals surface area contributed by atoms with E-state index < -0.39 is 10.7 Å². The molecule has 1 aliphatic rings. The highest BCUT2D eigenvalue weighted by atomic mass is 35.5. The van der Waals surface area contributed by atoms with E-state index >= 15 is 0 Å². The van der Waals surface area contributed by atoms with Gasteiger partial charge in [0.15, 0.2) is 0 Å². The first-order chi connectivity index (χ1) is 12.5. The number of rotatable bonds is 4. The predicted octanol–water partition coefficient (Wildman–Crippen LogP) is 3.85. The minimum absolute atomic E-state index is 0.282. The molecule has 3 rings (SSSR count). The number of hydrogen-bond donors (Lipinski definition) is 1.